The van der Waals surface area contributed by atoms with E-state index in [0.29, 0.717) is 5.92 Å². The van der Waals surface area contributed by atoms with Gasteiger partial charge in [0.15, 0.2) is 0 Å². The minimum Gasteiger partial charge on any atom is -0.469 e. The molecule has 17 heavy (non-hydrogen) atoms. The molecular weight excluding hydrogens is 214 g/mol. The average Bonchev–Trinajstić information content (AvgIpc) is 2.73. The first kappa shape index (κ1) is 11.3. The molecule has 1 saturated heterocycles. The summed E-state index contributed by atoms with van der Waals surface area (Å²) in [5, 5.41) is 0. The van der Waals surface area contributed by atoms with Crippen molar-refractivity contribution in [1.29, 1.82) is 0 Å². The Morgan fingerprint density at radius 3 is 2.88 bits per heavy atom. The molecule has 3 rings (SSSR count). The van der Waals surface area contributed by atoms with Crippen molar-refractivity contribution in [2.24, 2.45) is 11.7 Å². The average molecular weight is 235 g/mol. The minimum atomic E-state index is 0.105. The number of nitrogens with two attached hydrogens (primary N) is 1. The molecule has 3 nitrogen and oxygen atoms in total. The third-order valence-corrected chi connectivity index (χ3v) is 4.44. The predicted octanol–water partition coefficient (Wildman–Crippen LogP) is 2.94. The van der Waals surface area contributed by atoms with Crippen molar-refractivity contribution < 1.29 is 9.15 Å². The fourth-order valence-electron chi connectivity index (χ4n) is 3.20. The van der Waals surface area contributed by atoms with Crippen molar-refractivity contribution in [3.63, 3.8) is 0 Å². The standard InChI is InChI=1S/C14H21NO2/c1-10-7-12(9-16-10)13(15)11-3-6-17-14(8-11)4-2-5-14/h7,9,11,13H,2-6,8,15H2,1H3. The molecule has 2 fully saturated rings. The zero-order chi connectivity index (χ0) is 11.9. The molecule has 1 aromatic rings. The molecule has 2 unspecified atom stereocenters. The van der Waals surface area contributed by atoms with Gasteiger partial charge in [-0.15, -0.1) is 0 Å². The molecule has 3 heteroatoms. The van der Waals surface area contributed by atoms with E-state index < -0.39 is 0 Å². The van der Waals surface area contributed by atoms with Gasteiger partial charge in [-0.05, 0) is 51.0 Å². The van der Waals surface area contributed by atoms with Crippen LogP contribution in [-0.4, -0.2) is 12.2 Å². The molecule has 1 aliphatic heterocycles. The third-order valence-electron chi connectivity index (χ3n) is 4.44. The van der Waals surface area contributed by atoms with Gasteiger partial charge >= 0.3 is 0 Å². The van der Waals surface area contributed by atoms with Crippen molar-refractivity contribution in [3.05, 3.63) is 23.7 Å². The Balaban J connectivity index is 1.71. The first-order valence-electron chi connectivity index (χ1n) is 6.63. The Kier molecular flexibility index (Phi) is 2.75. The molecule has 1 aromatic heterocycles. The summed E-state index contributed by atoms with van der Waals surface area (Å²) < 4.78 is 11.3. The molecule has 2 N–H and O–H groups in total. The SMILES string of the molecule is Cc1cc(C(N)C2CCOC3(CCC3)C2)co1. The lowest BCUT2D eigenvalue weighted by Gasteiger charge is -2.48. The minimum absolute atomic E-state index is 0.105. The van der Waals surface area contributed by atoms with Gasteiger partial charge in [-0.25, -0.2) is 0 Å². The second-order valence-corrected chi connectivity index (χ2v) is 5.65. The maximum atomic E-state index is 6.37. The van der Waals surface area contributed by atoms with Gasteiger partial charge < -0.3 is 14.9 Å². The van der Waals surface area contributed by atoms with E-state index in [4.69, 9.17) is 14.9 Å². The van der Waals surface area contributed by atoms with Crippen LogP contribution in [0.25, 0.3) is 0 Å². The molecule has 0 bridgehead atoms. The lowest BCUT2D eigenvalue weighted by Crippen LogP contribution is -2.47. The molecule has 2 aliphatic rings. The summed E-state index contributed by atoms with van der Waals surface area (Å²) in [6.45, 7) is 2.84. The van der Waals surface area contributed by atoms with Crippen LogP contribution in [0.4, 0.5) is 0 Å². The van der Waals surface area contributed by atoms with E-state index in [1.54, 1.807) is 0 Å². The van der Waals surface area contributed by atoms with E-state index >= 15 is 0 Å². The molecule has 1 saturated carbocycles. The summed E-state index contributed by atoms with van der Waals surface area (Å²) in [6.07, 6.45) is 7.77. The van der Waals surface area contributed by atoms with Crippen LogP contribution in [0.2, 0.25) is 0 Å². The van der Waals surface area contributed by atoms with Crippen LogP contribution in [-0.2, 0) is 4.74 Å². The fraction of sp³-hybridized carbons (Fsp3) is 0.714. The first-order chi connectivity index (χ1) is 8.19. The summed E-state index contributed by atoms with van der Waals surface area (Å²) in [7, 11) is 0. The van der Waals surface area contributed by atoms with Crippen LogP contribution < -0.4 is 5.73 Å². The van der Waals surface area contributed by atoms with Gasteiger partial charge in [-0.3, -0.25) is 0 Å². The van der Waals surface area contributed by atoms with Gasteiger partial charge in [-0.2, -0.15) is 0 Å². The molecule has 0 aromatic carbocycles. The third kappa shape index (κ3) is 2.02. The van der Waals surface area contributed by atoms with E-state index in [0.717, 1.165) is 30.8 Å². The largest absolute Gasteiger partial charge is 0.469 e. The summed E-state index contributed by atoms with van der Waals surface area (Å²) >= 11 is 0. The van der Waals surface area contributed by atoms with Gasteiger partial charge in [0, 0.05) is 18.2 Å². The Hall–Kier alpha value is -0.800. The number of hydrogen-bond donors (Lipinski definition) is 1. The van der Waals surface area contributed by atoms with Crippen LogP contribution >= 0.6 is 0 Å². The highest BCUT2D eigenvalue weighted by molar-refractivity contribution is 5.17. The van der Waals surface area contributed by atoms with Crippen molar-refractivity contribution in [3.8, 4) is 0 Å². The van der Waals surface area contributed by atoms with Crippen LogP contribution in [0.15, 0.2) is 16.7 Å². The van der Waals surface area contributed by atoms with Crippen molar-refractivity contribution in [2.75, 3.05) is 6.61 Å². The second-order valence-electron chi connectivity index (χ2n) is 5.65. The highest BCUT2D eigenvalue weighted by Crippen LogP contribution is 2.46. The van der Waals surface area contributed by atoms with Crippen molar-refractivity contribution >= 4 is 0 Å². The van der Waals surface area contributed by atoms with Crippen LogP contribution in [0.1, 0.15) is 49.5 Å². The molecule has 2 heterocycles. The Morgan fingerprint density at radius 2 is 2.29 bits per heavy atom. The Morgan fingerprint density at radius 1 is 1.47 bits per heavy atom. The highest BCUT2D eigenvalue weighted by atomic mass is 16.5. The van der Waals surface area contributed by atoms with Crippen molar-refractivity contribution in [1.82, 2.24) is 0 Å². The lowest BCUT2D eigenvalue weighted by atomic mass is 9.70. The summed E-state index contributed by atoms with van der Waals surface area (Å²) in [4.78, 5) is 0. The molecule has 1 aliphatic carbocycles. The summed E-state index contributed by atoms with van der Waals surface area (Å²) in [6, 6.07) is 2.17. The van der Waals surface area contributed by atoms with Crippen LogP contribution in [0.3, 0.4) is 0 Å². The van der Waals surface area contributed by atoms with Gasteiger partial charge in [-0.1, -0.05) is 0 Å². The van der Waals surface area contributed by atoms with Gasteiger partial charge in [0.05, 0.1) is 11.9 Å². The van der Waals surface area contributed by atoms with E-state index in [-0.39, 0.29) is 11.6 Å². The molecule has 1 spiro atoms. The maximum absolute atomic E-state index is 6.37. The normalized spacial score (nSPS) is 28.9. The molecule has 0 radical (unpaired) electrons. The number of rotatable bonds is 2. The summed E-state index contributed by atoms with van der Waals surface area (Å²) in [5.74, 6) is 1.49. The molecule has 0 amide bonds. The van der Waals surface area contributed by atoms with Gasteiger partial charge in [0.25, 0.3) is 0 Å². The number of aryl methyl sites for hydroxylation is 1. The van der Waals surface area contributed by atoms with E-state index in [1.165, 1.54) is 19.3 Å². The topological polar surface area (TPSA) is 48.4 Å². The van der Waals surface area contributed by atoms with E-state index in [9.17, 15) is 0 Å². The molecular formula is C14H21NO2. The molecule has 2 atom stereocenters. The monoisotopic (exact) mass is 235 g/mol. The molecule has 94 valence electrons. The van der Waals surface area contributed by atoms with Crippen LogP contribution in [0, 0.1) is 12.8 Å². The van der Waals surface area contributed by atoms with E-state index in [1.807, 2.05) is 13.2 Å². The first-order valence-corrected chi connectivity index (χ1v) is 6.63. The highest BCUT2D eigenvalue weighted by Gasteiger charge is 2.44. The van der Waals surface area contributed by atoms with Crippen LogP contribution in [0.5, 0.6) is 0 Å². The number of hydrogen-bond acceptors (Lipinski definition) is 3. The number of furan rings is 1. The second kappa shape index (κ2) is 4.14. The quantitative estimate of drug-likeness (QED) is 0.857. The Labute approximate surface area is 102 Å². The summed E-state index contributed by atoms with van der Waals surface area (Å²) in [5.41, 5.74) is 7.69. The predicted molar refractivity (Wildman–Crippen MR) is 65.6 cm³/mol. The maximum Gasteiger partial charge on any atom is 0.101 e. The van der Waals surface area contributed by atoms with Gasteiger partial charge in [0.2, 0.25) is 0 Å². The Bertz CT molecular complexity index is 395. The fourth-order valence-corrected chi connectivity index (χ4v) is 3.20. The van der Waals surface area contributed by atoms with E-state index in [2.05, 4.69) is 6.07 Å². The lowest BCUT2D eigenvalue weighted by molar-refractivity contribution is -0.146. The smallest absolute Gasteiger partial charge is 0.101 e. The number of ether oxygens (including phenoxy) is 1. The van der Waals surface area contributed by atoms with Gasteiger partial charge in [0.1, 0.15) is 5.76 Å². The zero-order valence-corrected chi connectivity index (χ0v) is 10.4. The zero-order valence-electron chi connectivity index (χ0n) is 10.4. The van der Waals surface area contributed by atoms with Crippen molar-refractivity contribution in [2.45, 2.75) is 50.7 Å².